The summed E-state index contributed by atoms with van der Waals surface area (Å²) in [5, 5.41) is 8.77. The van der Waals surface area contributed by atoms with Crippen molar-refractivity contribution in [3.05, 3.63) is 47.5 Å². The summed E-state index contributed by atoms with van der Waals surface area (Å²) in [5.41, 5.74) is 2.51. The minimum Gasteiger partial charge on any atom is -0.392 e. The normalized spacial score (nSPS) is 13.5. The molecule has 0 fully saturated rings. The number of allylic oxidation sites excluding steroid dienone is 1. The maximum Gasteiger partial charge on any atom is 0.0717 e. The molecule has 1 rings (SSSR count). The van der Waals surface area contributed by atoms with Gasteiger partial charge >= 0.3 is 0 Å². The van der Waals surface area contributed by atoms with Crippen LogP contribution in [-0.2, 0) is 11.3 Å². The van der Waals surface area contributed by atoms with Crippen molar-refractivity contribution in [2.45, 2.75) is 39.7 Å². The molecule has 0 saturated heterocycles. The second kappa shape index (κ2) is 9.76. The van der Waals surface area contributed by atoms with Crippen LogP contribution >= 0.6 is 0 Å². The highest BCUT2D eigenvalue weighted by molar-refractivity contribution is 5.13. The fraction of sp³-hybridized carbons (Fsp3) is 0.529. The van der Waals surface area contributed by atoms with Crippen LogP contribution in [0.4, 0.5) is 0 Å². The second-order valence-corrected chi connectivity index (χ2v) is 5.23. The van der Waals surface area contributed by atoms with Gasteiger partial charge in [0.1, 0.15) is 0 Å². The van der Waals surface area contributed by atoms with Gasteiger partial charge in [-0.05, 0) is 37.7 Å². The van der Waals surface area contributed by atoms with E-state index in [2.05, 4.69) is 26.0 Å². The molecule has 0 saturated carbocycles. The van der Waals surface area contributed by atoms with Crippen LogP contribution in [0, 0.1) is 5.92 Å². The standard InChI is InChI=1S/C17H26O2/c1-15(11-12-18)7-6-8-16(2)13-19-14-17-9-4-3-5-10-17/h3-5,9-11,16,18H,6-8,12-14H2,1-2H3/b15-11+. The van der Waals surface area contributed by atoms with Crippen molar-refractivity contribution in [1.82, 2.24) is 0 Å². The number of ether oxygens (including phenoxy) is 1. The Bertz CT molecular complexity index is 357. The van der Waals surface area contributed by atoms with E-state index in [9.17, 15) is 0 Å². The smallest absolute Gasteiger partial charge is 0.0717 e. The number of rotatable bonds is 9. The first kappa shape index (κ1) is 15.9. The minimum atomic E-state index is 0.154. The van der Waals surface area contributed by atoms with E-state index in [1.54, 1.807) is 0 Å². The van der Waals surface area contributed by atoms with Gasteiger partial charge < -0.3 is 9.84 Å². The highest BCUT2D eigenvalue weighted by Crippen LogP contribution is 2.13. The van der Waals surface area contributed by atoms with Crippen LogP contribution in [0.25, 0.3) is 0 Å². The SMILES string of the molecule is C/C(=C\CO)CCCC(C)COCc1ccccc1. The van der Waals surface area contributed by atoms with Gasteiger partial charge in [0.15, 0.2) is 0 Å². The monoisotopic (exact) mass is 262 g/mol. The van der Waals surface area contributed by atoms with Gasteiger partial charge in [-0.25, -0.2) is 0 Å². The number of aliphatic hydroxyl groups excluding tert-OH is 1. The second-order valence-electron chi connectivity index (χ2n) is 5.23. The fourth-order valence-corrected chi connectivity index (χ4v) is 2.02. The Morgan fingerprint density at radius 1 is 1.32 bits per heavy atom. The molecule has 2 heteroatoms. The molecule has 106 valence electrons. The Morgan fingerprint density at radius 2 is 2.05 bits per heavy atom. The molecule has 0 spiro atoms. The lowest BCUT2D eigenvalue weighted by Gasteiger charge is -2.12. The summed E-state index contributed by atoms with van der Waals surface area (Å²) in [7, 11) is 0. The first-order chi connectivity index (χ1) is 9.22. The van der Waals surface area contributed by atoms with Gasteiger partial charge in [-0.1, -0.05) is 48.9 Å². The number of hydrogen-bond acceptors (Lipinski definition) is 2. The van der Waals surface area contributed by atoms with Crippen LogP contribution in [0.5, 0.6) is 0 Å². The van der Waals surface area contributed by atoms with Gasteiger partial charge in [0, 0.05) is 6.61 Å². The molecule has 2 nitrogen and oxygen atoms in total. The Balaban J connectivity index is 2.08. The Kier molecular flexibility index (Phi) is 8.19. The molecule has 0 aliphatic carbocycles. The average molecular weight is 262 g/mol. The van der Waals surface area contributed by atoms with Crippen LogP contribution in [0.3, 0.4) is 0 Å². The largest absolute Gasteiger partial charge is 0.392 e. The van der Waals surface area contributed by atoms with Crippen molar-refractivity contribution < 1.29 is 9.84 Å². The molecule has 0 aliphatic heterocycles. The van der Waals surface area contributed by atoms with E-state index in [1.165, 1.54) is 17.6 Å². The molecular weight excluding hydrogens is 236 g/mol. The fourth-order valence-electron chi connectivity index (χ4n) is 2.02. The van der Waals surface area contributed by atoms with Gasteiger partial charge in [-0.15, -0.1) is 0 Å². The van der Waals surface area contributed by atoms with Crippen molar-refractivity contribution in [2.24, 2.45) is 5.92 Å². The highest BCUT2D eigenvalue weighted by atomic mass is 16.5. The molecule has 0 heterocycles. The number of hydrogen-bond donors (Lipinski definition) is 1. The van der Waals surface area contributed by atoms with Crippen LogP contribution in [0.1, 0.15) is 38.7 Å². The minimum absolute atomic E-state index is 0.154. The summed E-state index contributed by atoms with van der Waals surface area (Å²) >= 11 is 0. The number of benzene rings is 1. The third-order valence-corrected chi connectivity index (χ3v) is 3.22. The molecule has 19 heavy (non-hydrogen) atoms. The lowest BCUT2D eigenvalue weighted by Crippen LogP contribution is -2.06. The predicted octanol–water partition coefficient (Wildman–Crippen LogP) is 3.95. The molecule has 1 atom stereocenters. The zero-order valence-corrected chi connectivity index (χ0v) is 12.1. The van der Waals surface area contributed by atoms with Crippen LogP contribution in [0.15, 0.2) is 42.0 Å². The van der Waals surface area contributed by atoms with Crippen molar-refractivity contribution in [3.8, 4) is 0 Å². The van der Waals surface area contributed by atoms with E-state index in [-0.39, 0.29) is 6.61 Å². The third-order valence-electron chi connectivity index (χ3n) is 3.22. The van der Waals surface area contributed by atoms with Crippen LogP contribution in [-0.4, -0.2) is 18.3 Å². The summed E-state index contributed by atoms with van der Waals surface area (Å²) in [5.74, 6) is 0.589. The summed E-state index contributed by atoms with van der Waals surface area (Å²) in [6, 6.07) is 10.3. The third kappa shape index (κ3) is 7.81. The van der Waals surface area contributed by atoms with Gasteiger partial charge in [-0.3, -0.25) is 0 Å². The maximum atomic E-state index is 8.77. The lowest BCUT2D eigenvalue weighted by atomic mass is 10.0. The summed E-state index contributed by atoms with van der Waals surface area (Å²) in [4.78, 5) is 0. The zero-order chi connectivity index (χ0) is 13.9. The summed E-state index contributed by atoms with van der Waals surface area (Å²) < 4.78 is 5.73. The van der Waals surface area contributed by atoms with E-state index >= 15 is 0 Å². The molecule has 0 bridgehead atoms. The van der Waals surface area contributed by atoms with E-state index in [0.717, 1.165) is 19.4 Å². The van der Waals surface area contributed by atoms with Crippen molar-refractivity contribution >= 4 is 0 Å². The first-order valence-electron chi connectivity index (χ1n) is 7.10. The Labute approximate surface area is 117 Å². The van der Waals surface area contributed by atoms with Crippen molar-refractivity contribution in [1.29, 1.82) is 0 Å². The van der Waals surface area contributed by atoms with Crippen molar-refractivity contribution in [3.63, 3.8) is 0 Å². The first-order valence-corrected chi connectivity index (χ1v) is 7.10. The molecule has 1 aromatic rings. The van der Waals surface area contributed by atoms with Crippen LogP contribution < -0.4 is 0 Å². The van der Waals surface area contributed by atoms with E-state index in [4.69, 9.17) is 9.84 Å². The summed E-state index contributed by atoms with van der Waals surface area (Å²) in [6.07, 6.45) is 5.30. The predicted molar refractivity (Wildman–Crippen MR) is 80.0 cm³/mol. The Hall–Kier alpha value is -1.12. The van der Waals surface area contributed by atoms with Gasteiger partial charge in [0.2, 0.25) is 0 Å². The van der Waals surface area contributed by atoms with E-state index < -0.39 is 0 Å². The van der Waals surface area contributed by atoms with Crippen molar-refractivity contribution in [2.75, 3.05) is 13.2 Å². The molecule has 1 N–H and O–H groups in total. The Morgan fingerprint density at radius 3 is 2.74 bits per heavy atom. The van der Waals surface area contributed by atoms with Gasteiger partial charge in [0.25, 0.3) is 0 Å². The highest BCUT2D eigenvalue weighted by Gasteiger charge is 2.03. The summed E-state index contributed by atoms with van der Waals surface area (Å²) in [6.45, 7) is 5.98. The molecular formula is C17H26O2. The molecule has 0 amide bonds. The van der Waals surface area contributed by atoms with Crippen LogP contribution in [0.2, 0.25) is 0 Å². The zero-order valence-electron chi connectivity index (χ0n) is 12.1. The van der Waals surface area contributed by atoms with E-state index in [1.807, 2.05) is 24.3 Å². The van der Waals surface area contributed by atoms with Gasteiger partial charge in [0.05, 0.1) is 13.2 Å². The molecule has 0 aliphatic rings. The lowest BCUT2D eigenvalue weighted by molar-refractivity contribution is 0.0889. The number of aliphatic hydroxyl groups is 1. The molecule has 1 aromatic carbocycles. The van der Waals surface area contributed by atoms with E-state index in [0.29, 0.717) is 12.5 Å². The molecule has 0 aromatic heterocycles. The topological polar surface area (TPSA) is 29.5 Å². The van der Waals surface area contributed by atoms with Gasteiger partial charge in [-0.2, -0.15) is 0 Å². The quantitative estimate of drug-likeness (QED) is 0.683. The molecule has 1 unspecified atom stereocenters. The average Bonchev–Trinajstić information content (AvgIpc) is 2.40. The maximum absolute atomic E-state index is 8.77. The molecule has 0 radical (unpaired) electrons.